The molecule has 0 bridgehead atoms. The van der Waals surface area contributed by atoms with Crippen molar-refractivity contribution in [2.45, 2.75) is 39.2 Å². The van der Waals surface area contributed by atoms with E-state index in [2.05, 4.69) is 31.0 Å². The largest absolute Gasteiger partial charge is 0.505 e. The highest BCUT2D eigenvalue weighted by Gasteiger charge is 2.22. The Morgan fingerprint density at radius 1 is 0.868 bits per heavy atom. The summed E-state index contributed by atoms with van der Waals surface area (Å²) in [4.78, 5) is 13.4. The number of fused-ring (bicyclic) bond motifs is 1. The first-order chi connectivity index (χ1) is 18.0. The number of hydrogen-bond donors (Lipinski definition) is 2. The lowest BCUT2D eigenvalue weighted by molar-refractivity contribution is 0.0747. The fourth-order valence-corrected chi connectivity index (χ4v) is 4.19. The summed E-state index contributed by atoms with van der Waals surface area (Å²) in [5.74, 6) is -0.0590. The van der Waals surface area contributed by atoms with E-state index in [1.807, 2.05) is 37.3 Å². The van der Waals surface area contributed by atoms with Gasteiger partial charge in [-0.05, 0) is 47.7 Å². The molecule has 4 aromatic carbocycles. The standard InChI is InChI=1S/C17H18ClN3O.C14H12O2/c1-10-7-12(17(2,3)4)16(22)15(8-10)21-19-13-6-5-11(18)9-14(13)20-21;15-13(11-7-3-1-4-8-11)14(16)12-9-5-2-6-10-12/h5-9,22H,1-4H3;1-10,13,15H. The van der Waals surface area contributed by atoms with Gasteiger partial charge in [-0.3, -0.25) is 4.79 Å². The van der Waals surface area contributed by atoms with Gasteiger partial charge in [-0.15, -0.1) is 15.0 Å². The smallest absolute Gasteiger partial charge is 0.195 e. The number of ketones is 1. The quantitative estimate of drug-likeness (QED) is 0.246. The molecular weight excluding hydrogens is 498 g/mol. The molecule has 0 amide bonds. The van der Waals surface area contributed by atoms with E-state index >= 15 is 0 Å². The molecule has 0 radical (unpaired) electrons. The molecule has 0 aliphatic carbocycles. The number of carbonyl (C=O) groups excluding carboxylic acids is 1. The number of aromatic hydroxyl groups is 1. The zero-order valence-corrected chi connectivity index (χ0v) is 22.5. The summed E-state index contributed by atoms with van der Waals surface area (Å²) in [5.41, 5.74) is 4.93. The summed E-state index contributed by atoms with van der Waals surface area (Å²) < 4.78 is 0. The van der Waals surface area contributed by atoms with Gasteiger partial charge < -0.3 is 10.2 Å². The van der Waals surface area contributed by atoms with Crippen LogP contribution in [0.25, 0.3) is 16.7 Å². The monoisotopic (exact) mass is 527 g/mol. The van der Waals surface area contributed by atoms with Crippen LogP contribution >= 0.6 is 11.6 Å². The molecule has 0 saturated carbocycles. The number of aryl methyl sites for hydroxylation is 1. The molecule has 7 heteroatoms. The number of aliphatic hydroxyl groups excluding tert-OH is 1. The Labute approximate surface area is 227 Å². The van der Waals surface area contributed by atoms with E-state index in [-0.39, 0.29) is 16.9 Å². The van der Waals surface area contributed by atoms with Gasteiger partial charge in [0, 0.05) is 16.1 Å². The van der Waals surface area contributed by atoms with Crippen LogP contribution in [0.2, 0.25) is 5.02 Å². The maximum Gasteiger partial charge on any atom is 0.195 e. The number of aliphatic hydroxyl groups is 1. The molecule has 0 aliphatic heterocycles. The van der Waals surface area contributed by atoms with Gasteiger partial charge in [0.25, 0.3) is 0 Å². The first kappa shape index (κ1) is 27.0. The van der Waals surface area contributed by atoms with Crippen LogP contribution in [0.15, 0.2) is 91.0 Å². The third-order valence-electron chi connectivity index (χ3n) is 6.02. The van der Waals surface area contributed by atoms with Crippen molar-refractivity contribution in [2.75, 3.05) is 0 Å². The van der Waals surface area contributed by atoms with E-state index in [4.69, 9.17) is 11.6 Å². The number of nitrogens with zero attached hydrogens (tertiary/aromatic N) is 3. The second kappa shape index (κ2) is 11.2. The number of aromatic nitrogens is 3. The molecule has 0 aliphatic rings. The normalized spacial score (nSPS) is 12.1. The summed E-state index contributed by atoms with van der Waals surface area (Å²) >= 11 is 5.99. The molecule has 2 N–H and O–H groups in total. The van der Waals surface area contributed by atoms with Crippen molar-refractivity contribution in [1.82, 2.24) is 15.0 Å². The molecule has 1 unspecified atom stereocenters. The van der Waals surface area contributed by atoms with E-state index < -0.39 is 6.10 Å². The molecule has 38 heavy (non-hydrogen) atoms. The fourth-order valence-electron chi connectivity index (χ4n) is 4.03. The van der Waals surface area contributed by atoms with Crippen LogP contribution in [0, 0.1) is 6.92 Å². The average molecular weight is 528 g/mol. The second-order valence-corrected chi connectivity index (χ2v) is 10.5. The number of phenols is 1. The fraction of sp³-hybridized carbons (Fsp3) is 0.194. The van der Waals surface area contributed by atoms with Crippen molar-refractivity contribution in [3.05, 3.63) is 118 Å². The highest BCUT2D eigenvalue weighted by molar-refractivity contribution is 6.31. The average Bonchev–Trinajstić information content (AvgIpc) is 3.32. The Bertz CT molecular complexity index is 1560. The molecule has 6 nitrogen and oxygen atoms in total. The summed E-state index contributed by atoms with van der Waals surface area (Å²) in [6.07, 6.45) is -1.08. The first-order valence-corrected chi connectivity index (χ1v) is 12.6. The maximum atomic E-state index is 11.9. The number of benzene rings is 4. The molecule has 194 valence electrons. The number of Topliss-reactive ketones (excluding diaryl/α,β-unsaturated/α-hetero) is 1. The summed E-state index contributed by atoms with van der Waals surface area (Å²) in [7, 11) is 0. The number of halogens is 1. The van der Waals surface area contributed by atoms with Gasteiger partial charge in [-0.2, -0.15) is 0 Å². The molecular formula is C31H30ClN3O3. The minimum absolute atomic E-state index is 0.166. The molecule has 5 aromatic rings. The van der Waals surface area contributed by atoms with E-state index in [9.17, 15) is 15.0 Å². The van der Waals surface area contributed by atoms with Crippen LogP contribution in [0.5, 0.6) is 5.75 Å². The summed E-state index contributed by atoms with van der Waals surface area (Å²) in [5, 5.41) is 30.0. The Morgan fingerprint density at radius 2 is 1.47 bits per heavy atom. The molecule has 5 rings (SSSR count). The minimum atomic E-state index is -1.08. The van der Waals surface area contributed by atoms with Crippen LogP contribution in [0.4, 0.5) is 0 Å². The molecule has 1 aromatic heterocycles. The van der Waals surface area contributed by atoms with E-state index in [0.29, 0.717) is 27.4 Å². The van der Waals surface area contributed by atoms with Crippen molar-refractivity contribution in [2.24, 2.45) is 0 Å². The van der Waals surface area contributed by atoms with Crippen LogP contribution in [-0.4, -0.2) is 31.0 Å². The Hall–Kier alpha value is -4.00. The van der Waals surface area contributed by atoms with Crippen molar-refractivity contribution in [3.8, 4) is 11.4 Å². The Kier molecular flexibility index (Phi) is 7.95. The van der Waals surface area contributed by atoms with Crippen molar-refractivity contribution in [1.29, 1.82) is 0 Å². The minimum Gasteiger partial charge on any atom is -0.505 e. The second-order valence-electron chi connectivity index (χ2n) is 10.1. The number of hydrogen-bond acceptors (Lipinski definition) is 5. The molecule has 1 atom stereocenters. The first-order valence-electron chi connectivity index (χ1n) is 12.2. The van der Waals surface area contributed by atoms with E-state index in [1.165, 1.54) is 4.80 Å². The van der Waals surface area contributed by atoms with Gasteiger partial charge in [-0.25, -0.2) is 0 Å². The summed E-state index contributed by atoms with van der Waals surface area (Å²) in [6.45, 7) is 8.20. The third kappa shape index (κ3) is 6.10. The number of rotatable bonds is 4. The molecule has 0 spiro atoms. The lowest BCUT2D eigenvalue weighted by atomic mass is 9.85. The number of phenolic OH excluding ortho intramolecular Hbond substituents is 1. The summed E-state index contributed by atoms with van der Waals surface area (Å²) in [6, 6.07) is 27.0. The zero-order chi connectivity index (χ0) is 27.4. The molecule has 0 saturated heterocycles. The van der Waals surface area contributed by atoms with Gasteiger partial charge in [0.2, 0.25) is 0 Å². The SMILES string of the molecule is Cc1cc(-n2nc3ccc(Cl)cc3n2)c(O)c(C(C)(C)C)c1.O=C(c1ccccc1)C(O)c1ccccc1. The topological polar surface area (TPSA) is 88.2 Å². The van der Waals surface area contributed by atoms with Crippen molar-refractivity contribution >= 4 is 28.4 Å². The van der Waals surface area contributed by atoms with Gasteiger partial charge >= 0.3 is 0 Å². The predicted molar refractivity (Wildman–Crippen MR) is 151 cm³/mol. The molecule has 1 heterocycles. The van der Waals surface area contributed by atoms with Crippen LogP contribution < -0.4 is 0 Å². The van der Waals surface area contributed by atoms with Crippen molar-refractivity contribution in [3.63, 3.8) is 0 Å². The van der Waals surface area contributed by atoms with E-state index in [1.54, 1.807) is 60.7 Å². The van der Waals surface area contributed by atoms with Crippen LogP contribution in [0.1, 0.15) is 53.9 Å². The molecule has 0 fully saturated rings. The maximum absolute atomic E-state index is 11.9. The lowest BCUT2D eigenvalue weighted by Crippen LogP contribution is -2.13. The van der Waals surface area contributed by atoms with E-state index in [0.717, 1.165) is 16.6 Å². The highest BCUT2D eigenvalue weighted by atomic mass is 35.5. The third-order valence-corrected chi connectivity index (χ3v) is 6.26. The number of carbonyl (C=O) groups is 1. The van der Waals surface area contributed by atoms with Gasteiger partial charge in [0.05, 0.1) is 0 Å². The van der Waals surface area contributed by atoms with Gasteiger partial charge in [-0.1, -0.05) is 99.1 Å². The van der Waals surface area contributed by atoms with Gasteiger partial charge in [0.15, 0.2) is 5.78 Å². The lowest BCUT2D eigenvalue weighted by Gasteiger charge is -2.22. The Balaban J connectivity index is 0.000000186. The zero-order valence-electron chi connectivity index (χ0n) is 21.8. The van der Waals surface area contributed by atoms with Gasteiger partial charge in [0.1, 0.15) is 28.6 Å². The van der Waals surface area contributed by atoms with Crippen LogP contribution in [-0.2, 0) is 5.41 Å². The Morgan fingerprint density at radius 3 is 2.11 bits per heavy atom. The van der Waals surface area contributed by atoms with Crippen LogP contribution in [0.3, 0.4) is 0 Å². The van der Waals surface area contributed by atoms with Crippen molar-refractivity contribution < 1.29 is 15.0 Å². The predicted octanol–water partition coefficient (Wildman–Crippen LogP) is 6.99. The highest BCUT2D eigenvalue weighted by Crippen LogP contribution is 2.36.